The van der Waals surface area contributed by atoms with Crippen LogP contribution >= 0.6 is 0 Å². The Labute approximate surface area is 516 Å². The summed E-state index contributed by atoms with van der Waals surface area (Å²) in [5, 5.41) is 0. The zero-order valence-electron chi connectivity index (χ0n) is 44.6. The molecule has 4 rings (SSSR count). The molecule has 2 aliphatic heterocycles. The number of likely N-dealkylation sites (N-methyl/N-ethyl adjacent to an activating group) is 1. The van der Waals surface area contributed by atoms with Gasteiger partial charge < -0.3 is 47.4 Å². The van der Waals surface area contributed by atoms with Gasteiger partial charge in [0, 0.05) is 332 Å². The average molecular weight is 1030 g/mol. The van der Waals surface area contributed by atoms with Crippen LogP contribution in [0.2, 0.25) is 0 Å². The highest BCUT2D eigenvalue weighted by atomic mass is 127. The van der Waals surface area contributed by atoms with Crippen LogP contribution in [0.3, 0.4) is 0 Å². The van der Waals surface area contributed by atoms with Gasteiger partial charge in [0.1, 0.15) is 17.6 Å². The Kier molecular flexibility index (Phi) is 32.1. The van der Waals surface area contributed by atoms with Gasteiger partial charge in [-0.2, -0.15) is 0 Å². The lowest BCUT2D eigenvalue weighted by Gasteiger charge is -2.56. The Morgan fingerprint density at radius 3 is 1.38 bits per heavy atom. The standard InChI is InChI=1S/C24H30NO5.B45.HI/c1-25(2)12-11-17-13-21-23(30-15-29-21)24(28-4)22(17)19(25)14-18(26)10-9-16-7-5-6-8-20(16)27-3;1-24-36(25(2)3)42(37(26(4)5)27(6)7)45(43(38(28(8)9)29(10)11)39(30(12)13)31(14)15)44(40(32(16)17)33(18)19)41(34(20)21)35(22)23;/h5-8,13,19H,9-12,14-15H2,1-4H3;;1H/q+1;;/p-1. The fourth-order valence-electron chi connectivity index (χ4n) is 12.1. The summed E-state index contributed by atoms with van der Waals surface area (Å²) in [4.78, 5) is 13.1. The van der Waals surface area contributed by atoms with Crippen molar-refractivity contribution < 1.29 is 52.2 Å². The van der Waals surface area contributed by atoms with E-state index in [2.05, 4.69) is 20.2 Å². The zero-order chi connectivity index (χ0) is 57.1. The third kappa shape index (κ3) is 18.5. The second-order valence-electron chi connectivity index (χ2n) is 20.9. The minimum atomic E-state index is -1.27. The van der Waals surface area contributed by atoms with Gasteiger partial charge in [0.05, 0.1) is 46.8 Å². The molecule has 0 fully saturated rings. The smallest absolute Gasteiger partial charge is 0.231 e. The van der Waals surface area contributed by atoms with Crippen molar-refractivity contribution in [2.45, 2.75) is 31.7 Å². The number of fused-ring (bicyclic) bond motifs is 2. The van der Waals surface area contributed by atoms with Crippen LogP contribution in [0, 0.1) is 0 Å². The molecule has 303 valence electrons. The van der Waals surface area contributed by atoms with E-state index in [1.807, 2.05) is 24.3 Å². The fourth-order valence-corrected chi connectivity index (χ4v) is 12.1. The van der Waals surface area contributed by atoms with Crippen molar-refractivity contribution in [1.82, 2.24) is 0 Å². The molecule has 0 aromatic heterocycles. The van der Waals surface area contributed by atoms with Crippen LogP contribution in [0.4, 0.5) is 0 Å². The number of para-hydroxylation sites is 1. The highest BCUT2D eigenvalue weighted by molar-refractivity contribution is 8.34. The van der Waals surface area contributed by atoms with Crippen molar-refractivity contribution in [3.8, 4) is 23.0 Å². The number of halogens is 1. The summed E-state index contributed by atoms with van der Waals surface area (Å²) >= 11 is 0. The molecule has 1 atom stereocenters. The molecule has 0 saturated carbocycles. The van der Waals surface area contributed by atoms with Crippen molar-refractivity contribution in [3.63, 3.8) is 0 Å². The van der Waals surface area contributed by atoms with Crippen molar-refractivity contribution >= 4 is 325 Å². The van der Waals surface area contributed by atoms with Gasteiger partial charge in [-0.3, -0.25) is 4.79 Å². The van der Waals surface area contributed by atoms with E-state index in [1.54, 1.807) is 14.2 Å². The van der Waals surface area contributed by atoms with Gasteiger partial charge in [0.25, 0.3) is 0 Å². The minimum Gasteiger partial charge on any atom is -1.00 e. The third-order valence-corrected chi connectivity index (χ3v) is 15.5. The molecule has 0 N–H and O–H groups in total. The van der Waals surface area contributed by atoms with Gasteiger partial charge in [-0.25, -0.2) is 0 Å². The molecule has 0 saturated heterocycles. The Hall–Kier alpha value is 0.922. The van der Waals surface area contributed by atoms with E-state index in [0.717, 1.165) is 40.1 Å². The Bertz CT molecular complexity index is 1940. The second kappa shape index (κ2) is 33.4. The molecule has 52 heteroatoms. The number of hydrogen-bond acceptors (Lipinski definition) is 5. The number of Topliss-reactive ketones (excluding diaryl/α,β-unsaturated/α-hetero) is 1. The molecule has 47 radical (unpaired) electrons. The molecule has 2 heterocycles. The molecule has 0 spiro atoms. The van der Waals surface area contributed by atoms with Crippen molar-refractivity contribution in [2.75, 3.05) is 41.7 Å². The molecule has 2 aromatic rings. The van der Waals surface area contributed by atoms with Crippen LogP contribution in [-0.4, -0.2) is 371 Å². The number of ether oxygens (including phenoxy) is 4. The van der Waals surface area contributed by atoms with E-state index < -0.39 is 134 Å². The first-order valence-corrected chi connectivity index (χ1v) is 25.1. The summed E-state index contributed by atoms with van der Waals surface area (Å²) < 4.78 is 23.2. The largest absolute Gasteiger partial charge is 1.00 e. The van der Waals surface area contributed by atoms with Crippen LogP contribution in [0.25, 0.3) is 0 Å². The summed E-state index contributed by atoms with van der Waals surface area (Å²) in [7, 11) is 155. The highest BCUT2D eigenvalue weighted by Gasteiger charge is 2.59. The molecule has 0 bridgehead atoms. The number of aryl methyl sites for hydroxylation is 1. The van der Waals surface area contributed by atoms with Gasteiger partial charge in [0.2, 0.25) is 12.5 Å². The van der Waals surface area contributed by atoms with Gasteiger partial charge in [-0.15, -0.1) is 0 Å². The Morgan fingerprint density at radius 2 is 1.00 bits per heavy atom. The number of carbonyl (C=O) groups excluding carboxylic acids is 1. The summed E-state index contributed by atoms with van der Waals surface area (Å²) in [5.41, 5.74) is 3.34. The maximum atomic E-state index is 13.1. The van der Waals surface area contributed by atoms with E-state index in [-0.39, 0.29) is 42.6 Å². The number of quaternary nitrogens is 1. The molecule has 1 unspecified atom stereocenters. The monoisotopic (exact) mass is 1030 g/mol. The molecule has 0 aliphatic carbocycles. The van der Waals surface area contributed by atoms with Crippen LogP contribution in [-0.2, 0) is 17.6 Å². The van der Waals surface area contributed by atoms with E-state index in [1.165, 1.54) is 12.6 Å². The predicted molar refractivity (Wildman–Crippen MR) is 372 cm³/mol. The van der Waals surface area contributed by atoms with Crippen molar-refractivity contribution in [1.29, 1.82) is 0 Å². The van der Waals surface area contributed by atoms with Crippen LogP contribution in [0.1, 0.15) is 35.6 Å². The van der Waals surface area contributed by atoms with Gasteiger partial charge in [-0.05, 0) is 29.7 Å². The lowest BCUT2D eigenvalue weighted by molar-refractivity contribution is -0.922. The predicted octanol–water partition coefficient (Wildman–Crippen LogP) is -16.4. The number of rotatable bonds is 28. The van der Waals surface area contributed by atoms with Gasteiger partial charge >= 0.3 is 0 Å². The SMILES string of the molecule is COc1ccccc1CCC(=O)CC1c2c(cc3c(c2OC)OCO3)CC[N+]1(C)C.[B][B]B(B([B])[B])B(B(B([B])[B])B([B])[B])B(B(B(B([B])[B])B([B])[B])B(B([B])[B])B([B])[B])B(B(B([B])[B])B([B])[B])B(B([B])[B])B([B])[B].[I-]. The molecule has 76 heavy (non-hydrogen) atoms. The topological polar surface area (TPSA) is 54.0 Å². The second-order valence-corrected chi connectivity index (χ2v) is 20.9. The maximum Gasteiger partial charge on any atom is 0.231 e. The Balaban J connectivity index is 0.000000548. The quantitative estimate of drug-likeness (QED) is 0.0483. The molecule has 2 aromatic carbocycles. The summed E-state index contributed by atoms with van der Waals surface area (Å²) in [6, 6.07) is 9.96. The van der Waals surface area contributed by atoms with Crippen molar-refractivity contribution in [3.05, 3.63) is 47.0 Å². The lowest BCUT2D eigenvalue weighted by Crippen LogP contribution is -3.00. The number of nitrogens with zero attached hydrogens (tertiary/aromatic N) is 1. The zero-order valence-corrected chi connectivity index (χ0v) is 46.7. The van der Waals surface area contributed by atoms with Crippen LogP contribution in [0.5, 0.6) is 23.0 Å². The Morgan fingerprint density at radius 1 is 0.592 bits per heavy atom. The van der Waals surface area contributed by atoms with Gasteiger partial charge in [0.15, 0.2) is 11.5 Å². The average Bonchev–Trinajstić information content (AvgIpc) is 3.76. The fraction of sp³-hybridized carbons (Fsp3) is 0.458. The molecule has 0 amide bonds. The van der Waals surface area contributed by atoms with Crippen molar-refractivity contribution in [2.24, 2.45) is 0 Å². The maximum absolute atomic E-state index is 13.1. The first kappa shape index (κ1) is 73.0. The number of carbonyl (C=O) groups is 1. The number of ketones is 1. The number of benzene rings is 2. The first-order valence-electron chi connectivity index (χ1n) is 25.1. The normalized spacial score (nSPS) is 13.0. The summed E-state index contributed by atoms with van der Waals surface area (Å²) in [6.45, 7) is 1.16. The van der Waals surface area contributed by atoms with E-state index in [0.29, 0.717) is 30.8 Å². The molecular weight excluding hydrogens is 996 g/mol. The van der Waals surface area contributed by atoms with E-state index >= 15 is 0 Å². The van der Waals surface area contributed by atoms with E-state index in [4.69, 9.17) is 197 Å². The summed E-state index contributed by atoms with van der Waals surface area (Å²) in [5.74, 6) is 3.18. The highest BCUT2D eigenvalue weighted by Crippen LogP contribution is 2.51. The number of hydrogen-bond donors (Lipinski definition) is 0. The molecule has 6 nitrogen and oxygen atoms in total. The van der Waals surface area contributed by atoms with Crippen LogP contribution < -0.4 is 42.9 Å². The number of methoxy groups -OCH3 is 2. The first-order chi connectivity index (χ1) is 34.9. The summed E-state index contributed by atoms with van der Waals surface area (Å²) in [6.07, 6.45) is -22.4. The third-order valence-electron chi connectivity index (χ3n) is 15.5. The minimum absolute atomic E-state index is 0. The van der Waals surface area contributed by atoms with E-state index in [9.17, 15) is 4.79 Å². The molecule has 2 aliphatic rings. The van der Waals surface area contributed by atoms with Gasteiger partial charge in [-0.1, -0.05) is 18.2 Å². The molecular formula is C24H30B45INO5. The van der Waals surface area contributed by atoms with Crippen LogP contribution in [0.15, 0.2) is 30.3 Å². The lowest BCUT2D eigenvalue weighted by atomic mass is 8.26.